The van der Waals surface area contributed by atoms with Crippen LogP contribution in [0.25, 0.3) is 0 Å². The van der Waals surface area contributed by atoms with E-state index in [0.29, 0.717) is 11.3 Å². The third-order valence-corrected chi connectivity index (χ3v) is 6.54. The molecular formula is C27H32F3N3O5. The van der Waals surface area contributed by atoms with Crippen LogP contribution in [0.2, 0.25) is 0 Å². The Kier molecular flexibility index (Phi) is 9.24. The van der Waals surface area contributed by atoms with Crippen LogP contribution < -0.4 is 15.4 Å². The van der Waals surface area contributed by atoms with E-state index in [1.54, 1.807) is 29.2 Å². The van der Waals surface area contributed by atoms with E-state index in [4.69, 9.17) is 5.11 Å². The molecule has 0 bridgehead atoms. The summed E-state index contributed by atoms with van der Waals surface area (Å²) in [4.78, 5) is 37.9. The van der Waals surface area contributed by atoms with Gasteiger partial charge in [-0.25, -0.2) is 4.79 Å². The van der Waals surface area contributed by atoms with Gasteiger partial charge in [-0.2, -0.15) is 0 Å². The van der Waals surface area contributed by atoms with Gasteiger partial charge in [-0.15, -0.1) is 13.2 Å². The molecule has 0 atom stereocenters. The predicted octanol–water partition coefficient (Wildman–Crippen LogP) is 5.79. The highest BCUT2D eigenvalue weighted by atomic mass is 19.4. The lowest BCUT2D eigenvalue weighted by molar-refractivity contribution is -0.274. The number of anilines is 1. The monoisotopic (exact) mass is 535 g/mol. The van der Waals surface area contributed by atoms with Gasteiger partial charge in [0.1, 0.15) is 5.75 Å². The predicted molar refractivity (Wildman–Crippen MR) is 135 cm³/mol. The zero-order valence-electron chi connectivity index (χ0n) is 21.3. The number of carboxylic acids is 1. The van der Waals surface area contributed by atoms with Crippen molar-refractivity contribution in [1.29, 1.82) is 0 Å². The molecule has 11 heteroatoms. The van der Waals surface area contributed by atoms with Gasteiger partial charge < -0.3 is 25.4 Å². The largest absolute Gasteiger partial charge is 0.573 e. The van der Waals surface area contributed by atoms with E-state index in [1.807, 2.05) is 0 Å². The van der Waals surface area contributed by atoms with E-state index in [2.05, 4.69) is 29.2 Å². The van der Waals surface area contributed by atoms with Gasteiger partial charge in [-0.05, 0) is 73.1 Å². The van der Waals surface area contributed by atoms with Crippen LogP contribution in [0.4, 0.5) is 23.7 Å². The van der Waals surface area contributed by atoms with Gasteiger partial charge in [-0.3, -0.25) is 9.59 Å². The minimum Gasteiger partial charge on any atom is -0.481 e. The van der Waals surface area contributed by atoms with Gasteiger partial charge in [0.05, 0.1) is 6.42 Å². The number of ether oxygens (including phenoxy) is 1. The highest BCUT2D eigenvalue weighted by Crippen LogP contribution is 2.37. The maximum Gasteiger partial charge on any atom is 0.573 e. The molecule has 8 nitrogen and oxygen atoms in total. The normalized spacial score (nSPS) is 15.4. The zero-order valence-corrected chi connectivity index (χ0v) is 21.3. The van der Waals surface area contributed by atoms with Crippen molar-refractivity contribution in [1.82, 2.24) is 10.2 Å². The van der Waals surface area contributed by atoms with Crippen molar-refractivity contribution in [2.24, 2.45) is 5.41 Å². The number of amides is 3. The number of alkyl halides is 3. The van der Waals surface area contributed by atoms with E-state index >= 15 is 0 Å². The lowest BCUT2D eigenvalue weighted by Gasteiger charge is -2.40. The van der Waals surface area contributed by atoms with E-state index in [1.165, 1.54) is 12.1 Å². The Balaban J connectivity index is 1.70. The lowest BCUT2D eigenvalue weighted by atomic mass is 9.75. The molecule has 2 aromatic rings. The van der Waals surface area contributed by atoms with Crippen LogP contribution in [0, 0.1) is 5.41 Å². The minimum absolute atomic E-state index is 0.0191. The molecule has 3 amide bonds. The molecule has 0 radical (unpaired) electrons. The number of nitrogens with zero attached hydrogens (tertiary/aromatic N) is 1. The van der Waals surface area contributed by atoms with Crippen LogP contribution >= 0.6 is 0 Å². The molecule has 3 rings (SSSR count). The van der Waals surface area contributed by atoms with Gasteiger partial charge in [0.2, 0.25) is 0 Å². The number of nitrogens with one attached hydrogen (secondary N) is 2. The average Bonchev–Trinajstić information content (AvgIpc) is 2.83. The van der Waals surface area contributed by atoms with Gasteiger partial charge in [0.25, 0.3) is 5.91 Å². The fourth-order valence-electron chi connectivity index (χ4n) is 4.34. The summed E-state index contributed by atoms with van der Waals surface area (Å²) in [6.07, 6.45) is -1.47. The van der Waals surface area contributed by atoms with Gasteiger partial charge >= 0.3 is 18.4 Å². The van der Waals surface area contributed by atoms with Crippen LogP contribution in [-0.4, -0.2) is 46.9 Å². The van der Waals surface area contributed by atoms with Crippen molar-refractivity contribution < 1.29 is 37.4 Å². The third-order valence-electron chi connectivity index (χ3n) is 6.54. The molecule has 0 heterocycles. The first kappa shape index (κ1) is 28.8. The van der Waals surface area contributed by atoms with E-state index in [9.17, 15) is 27.6 Å². The topological polar surface area (TPSA) is 108 Å². The Hall–Kier alpha value is -3.76. The molecule has 1 fully saturated rings. The molecule has 0 aliphatic heterocycles. The number of carbonyl (C=O) groups is 3. The fraction of sp³-hybridized carbons (Fsp3) is 0.444. The Bertz CT molecular complexity index is 1110. The first-order valence-corrected chi connectivity index (χ1v) is 12.3. The average molecular weight is 536 g/mol. The zero-order chi connectivity index (χ0) is 27.9. The molecule has 2 aromatic carbocycles. The number of hydrogen-bond donors (Lipinski definition) is 3. The summed E-state index contributed by atoms with van der Waals surface area (Å²) in [7, 11) is 0. The molecule has 1 aliphatic rings. The van der Waals surface area contributed by atoms with E-state index < -0.39 is 12.3 Å². The Labute approximate surface area is 219 Å². The van der Waals surface area contributed by atoms with Crippen LogP contribution in [-0.2, 0) is 11.3 Å². The Morgan fingerprint density at radius 3 is 2.18 bits per heavy atom. The van der Waals surface area contributed by atoms with Crippen LogP contribution in [0.1, 0.15) is 61.9 Å². The summed E-state index contributed by atoms with van der Waals surface area (Å²) in [6, 6.07) is 11.3. The number of benzene rings is 2. The number of carboxylic acid groups (broad SMARTS) is 1. The molecule has 0 unspecified atom stereocenters. The van der Waals surface area contributed by atoms with Gasteiger partial charge in [-0.1, -0.05) is 26.0 Å². The molecule has 38 heavy (non-hydrogen) atoms. The SMILES string of the molecule is CC1(C)CCC(N(Cc2ccc(C(=O)NCCC(=O)O)cc2)C(=O)Nc2ccc(OC(F)(F)F)cc2)CC1. The van der Waals surface area contributed by atoms with Crippen molar-refractivity contribution in [3.05, 3.63) is 59.7 Å². The summed E-state index contributed by atoms with van der Waals surface area (Å²) < 4.78 is 41.2. The summed E-state index contributed by atoms with van der Waals surface area (Å²) in [6.45, 7) is 4.68. The second-order valence-corrected chi connectivity index (χ2v) is 10.1. The van der Waals surface area contributed by atoms with Crippen molar-refractivity contribution in [3.63, 3.8) is 0 Å². The van der Waals surface area contributed by atoms with Crippen molar-refractivity contribution in [2.75, 3.05) is 11.9 Å². The first-order chi connectivity index (χ1) is 17.8. The minimum atomic E-state index is -4.80. The summed E-state index contributed by atoms with van der Waals surface area (Å²) in [5.74, 6) is -1.77. The first-order valence-electron chi connectivity index (χ1n) is 12.3. The van der Waals surface area contributed by atoms with Crippen molar-refractivity contribution >= 4 is 23.6 Å². The summed E-state index contributed by atoms with van der Waals surface area (Å²) in [5.41, 5.74) is 1.68. The molecule has 206 valence electrons. The molecule has 3 N–H and O–H groups in total. The maximum absolute atomic E-state index is 13.3. The number of halogens is 3. The number of hydrogen-bond acceptors (Lipinski definition) is 4. The van der Waals surface area contributed by atoms with E-state index in [-0.39, 0.29) is 48.7 Å². The molecule has 1 aliphatic carbocycles. The van der Waals surface area contributed by atoms with Crippen LogP contribution in [0.15, 0.2) is 48.5 Å². The van der Waals surface area contributed by atoms with Crippen molar-refractivity contribution in [2.45, 2.75) is 64.9 Å². The summed E-state index contributed by atoms with van der Waals surface area (Å²) >= 11 is 0. The highest BCUT2D eigenvalue weighted by molar-refractivity contribution is 5.94. The maximum atomic E-state index is 13.3. The molecule has 1 saturated carbocycles. The molecule has 0 spiro atoms. The molecule has 0 aromatic heterocycles. The van der Waals surface area contributed by atoms with E-state index in [0.717, 1.165) is 43.4 Å². The molecular weight excluding hydrogens is 503 g/mol. The highest BCUT2D eigenvalue weighted by Gasteiger charge is 2.33. The summed E-state index contributed by atoms with van der Waals surface area (Å²) in [5, 5.41) is 14.0. The van der Waals surface area contributed by atoms with Gasteiger partial charge in [0.15, 0.2) is 0 Å². The van der Waals surface area contributed by atoms with Gasteiger partial charge in [0, 0.05) is 30.4 Å². The van der Waals surface area contributed by atoms with Crippen LogP contribution in [0.5, 0.6) is 5.75 Å². The quantitative estimate of drug-likeness (QED) is 0.377. The fourth-order valence-corrected chi connectivity index (χ4v) is 4.34. The number of aliphatic carboxylic acids is 1. The number of urea groups is 1. The lowest BCUT2D eigenvalue weighted by Crippen LogP contribution is -2.45. The molecule has 0 saturated heterocycles. The second-order valence-electron chi connectivity index (χ2n) is 10.1. The smallest absolute Gasteiger partial charge is 0.481 e. The number of carbonyl (C=O) groups excluding carboxylic acids is 2. The standard InChI is InChI=1S/C27H32F3N3O5/c1-26(2)14-11-21(12-15-26)33(25(37)32-20-7-9-22(10-8-20)38-27(28,29)30)17-18-3-5-19(6-4-18)24(36)31-16-13-23(34)35/h3-10,21H,11-17H2,1-2H3,(H,31,36)(H,32,37)(H,34,35). The third kappa shape index (κ3) is 8.97. The van der Waals surface area contributed by atoms with Crippen molar-refractivity contribution in [3.8, 4) is 5.75 Å². The Morgan fingerprint density at radius 2 is 1.63 bits per heavy atom. The second kappa shape index (κ2) is 12.2. The Morgan fingerprint density at radius 1 is 1.03 bits per heavy atom. The number of rotatable bonds is 9. The van der Waals surface area contributed by atoms with Crippen LogP contribution in [0.3, 0.4) is 0 Å².